The highest BCUT2D eigenvalue weighted by Crippen LogP contribution is 2.30. The average Bonchev–Trinajstić information content (AvgIpc) is 2.36. The monoisotopic (exact) mass is 248 g/mol. The SMILES string of the molecule is OCC(c1ccccc1)c1ccc(O)c(Cl)c1. The van der Waals surface area contributed by atoms with Crippen molar-refractivity contribution in [1.82, 2.24) is 0 Å². The molecule has 0 amide bonds. The number of benzene rings is 2. The summed E-state index contributed by atoms with van der Waals surface area (Å²) in [5.74, 6) is -0.0607. The fraction of sp³-hybridized carbons (Fsp3) is 0.143. The van der Waals surface area contributed by atoms with Crippen molar-refractivity contribution in [2.24, 2.45) is 0 Å². The van der Waals surface area contributed by atoms with Crippen LogP contribution in [0.5, 0.6) is 5.75 Å². The van der Waals surface area contributed by atoms with Gasteiger partial charge in [0.05, 0.1) is 11.6 Å². The molecule has 2 aromatic carbocycles. The Morgan fingerprint density at radius 3 is 2.29 bits per heavy atom. The van der Waals surface area contributed by atoms with Crippen LogP contribution in [0.2, 0.25) is 5.02 Å². The average molecular weight is 249 g/mol. The third-order valence-electron chi connectivity index (χ3n) is 2.76. The molecule has 3 heteroatoms. The number of hydrogen-bond acceptors (Lipinski definition) is 2. The molecule has 0 saturated carbocycles. The van der Waals surface area contributed by atoms with Gasteiger partial charge in [0.1, 0.15) is 5.75 Å². The molecule has 1 atom stereocenters. The lowest BCUT2D eigenvalue weighted by atomic mass is 9.92. The van der Waals surface area contributed by atoms with E-state index >= 15 is 0 Å². The van der Waals surface area contributed by atoms with E-state index in [1.807, 2.05) is 30.3 Å². The maximum atomic E-state index is 9.49. The lowest BCUT2D eigenvalue weighted by Gasteiger charge is -2.15. The van der Waals surface area contributed by atoms with Crippen LogP contribution in [0.3, 0.4) is 0 Å². The lowest BCUT2D eigenvalue weighted by molar-refractivity contribution is 0.280. The molecule has 0 saturated heterocycles. The van der Waals surface area contributed by atoms with Crippen LogP contribution in [0.1, 0.15) is 17.0 Å². The van der Waals surface area contributed by atoms with Gasteiger partial charge in [-0.25, -0.2) is 0 Å². The quantitative estimate of drug-likeness (QED) is 0.876. The predicted molar refractivity (Wildman–Crippen MR) is 68.5 cm³/mol. The first-order valence-corrected chi connectivity index (χ1v) is 5.74. The van der Waals surface area contributed by atoms with Gasteiger partial charge in [-0.05, 0) is 23.3 Å². The van der Waals surface area contributed by atoms with Crippen molar-refractivity contribution in [2.45, 2.75) is 5.92 Å². The molecule has 2 N–H and O–H groups in total. The maximum Gasteiger partial charge on any atom is 0.134 e. The predicted octanol–water partition coefficient (Wildman–Crippen LogP) is 3.17. The Hall–Kier alpha value is -1.51. The summed E-state index contributed by atoms with van der Waals surface area (Å²) in [5, 5.41) is 19.2. The summed E-state index contributed by atoms with van der Waals surface area (Å²) in [7, 11) is 0. The number of aromatic hydroxyl groups is 1. The molecular formula is C14H13ClO2. The number of hydrogen-bond donors (Lipinski definition) is 2. The number of rotatable bonds is 3. The standard InChI is InChI=1S/C14H13ClO2/c15-13-8-11(6-7-14(13)17)12(9-16)10-4-2-1-3-5-10/h1-8,12,16-17H,9H2. The van der Waals surface area contributed by atoms with Gasteiger partial charge >= 0.3 is 0 Å². The van der Waals surface area contributed by atoms with Gasteiger partial charge in [0.25, 0.3) is 0 Å². The van der Waals surface area contributed by atoms with Crippen LogP contribution in [0.15, 0.2) is 48.5 Å². The highest BCUT2D eigenvalue weighted by molar-refractivity contribution is 6.32. The molecule has 2 aromatic rings. The van der Waals surface area contributed by atoms with E-state index in [4.69, 9.17) is 11.6 Å². The van der Waals surface area contributed by atoms with Crippen LogP contribution in [0, 0.1) is 0 Å². The van der Waals surface area contributed by atoms with Crippen molar-refractivity contribution >= 4 is 11.6 Å². The molecule has 0 aliphatic rings. The zero-order valence-electron chi connectivity index (χ0n) is 9.18. The van der Waals surface area contributed by atoms with Crippen molar-refractivity contribution in [2.75, 3.05) is 6.61 Å². The van der Waals surface area contributed by atoms with Gasteiger partial charge in [-0.3, -0.25) is 0 Å². The Labute approximate surface area is 105 Å². The van der Waals surface area contributed by atoms with E-state index in [1.165, 1.54) is 0 Å². The Balaban J connectivity index is 2.39. The van der Waals surface area contributed by atoms with Crippen molar-refractivity contribution in [3.8, 4) is 5.75 Å². The molecule has 0 aromatic heterocycles. The van der Waals surface area contributed by atoms with Crippen LogP contribution in [-0.4, -0.2) is 16.8 Å². The summed E-state index contributed by atoms with van der Waals surface area (Å²) in [6.07, 6.45) is 0. The number of aliphatic hydroxyl groups is 1. The second-order valence-corrected chi connectivity index (χ2v) is 4.26. The molecule has 2 rings (SSSR count). The molecular weight excluding hydrogens is 236 g/mol. The Morgan fingerprint density at radius 1 is 1.00 bits per heavy atom. The highest BCUT2D eigenvalue weighted by atomic mass is 35.5. The van der Waals surface area contributed by atoms with Gasteiger partial charge in [-0.15, -0.1) is 0 Å². The molecule has 88 valence electrons. The first-order valence-electron chi connectivity index (χ1n) is 5.36. The summed E-state index contributed by atoms with van der Waals surface area (Å²) in [6.45, 7) is 0.00508. The normalized spacial score (nSPS) is 12.4. The summed E-state index contributed by atoms with van der Waals surface area (Å²) >= 11 is 5.87. The third-order valence-corrected chi connectivity index (χ3v) is 3.06. The van der Waals surface area contributed by atoms with E-state index in [0.717, 1.165) is 11.1 Å². The zero-order valence-corrected chi connectivity index (χ0v) is 9.93. The van der Waals surface area contributed by atoms with Crippen LogP contribution < -0.4 is 0 Å². The minimum atomic E-state index is -0.116. The zero-order chi connectivity index (χ0) is 12.3. The van der Waals surface area contributed by atoms with Gasteiger partial charge in [0, 0.05) is 5.92 Å². The van der Waals surface area contributed by atoms with Crippen molar-refractivity contribution in [1.29, 1.82) is 0 Å². The molecule has 0 aliphatic carbocycles. The van der Waals surface area contributed by atoms with Crippen molar-refractivity contribution < 1.29 is 10.2 Å². The Kier molecular flexibility index (Phi) is 3.67. The van der Waals surface area contributed by atoms with E-state index in [-0.39, 0.29) is 18.3 Å². The molecule has 0 fully saturated rings. The summed E-state index contributed by atoms with van der Waals surface area (Å²) in [6, 6.07) is 14.7. The van der Waals surface area contributed by atoms with Crippen LogP contribution in [-0.2, 0) is 0 Å². The molecule has 0 spiro atoms. The molecule has 0 radical (unpaired) electrons. The smallest absolute Gasteiger partial charge is 0.134 e. The van der Waals surface area contributed by atoms with Gasteiger partial charge in [-0.2, -0.15) is 0 Å². The van der Waals surface area contributed by atoms with Gasteiger partial charge in [0.15, 0.2) is 0 Å². The number of aliphatic hydroxyl groups excluding tert-OH is 1. The summed E-state index contributed by atoms with van der Waals surface area (Å²) in [4.78, 5) is 0. The molecule has 17 heavy (non-hydrogen) atoms. The lowest BCUT2D eigenvalue weighted by Crippen LogP contribution is -2.05. The Bertz CT molecular complexity index is 497. The number of phenols is 1. The topological polar surface area (TPSA) is 40.5 Å². The van der Waals surface area contributed by atoms with E-state index < -0.39 is 0 Å². The first-order chi connectivity index (χ1) is 8.22. The van der Waals surface area contributed by atoms with Crippen molar-refractivity contribution in [3.05, 3.63) is 64.7 Å². The molecule has 0 aliphatic heterocycles. The van der Waals surface area contributed by atoms with Gasteiger partial charge in [-0.1, -0.05) is 48.0 Å². The first kappa shape index (κ1) is 12.0. The third kappa shape index (κ3) is 2.60. The number of phenolic OH excluding ortho intramolecular Hbond substituents is 1. The van der Waals surface area contributed by atoms with Crippen LogP contribution in [0.25, 0.3) is 0 Å². The molecule has 0 heterocycles. The maximum absolute atomic E-state index is 9.49. The minimum Gasteiger partial charge on any atom is -0.506 e. The molecule has 1 unspecified atom stereocenters. The van der Waals surface area contributed by atoms with Crippen LogP contribution >= 0.6 is 11.6 Å². The molecule has 0 bridgehead atoms. The van der Waals surface area contributed by atoms with Crippen molar-refractivity contribution in [3.63, 3.8) is 0 Å². The summed E-state index contributed by atoms with van der Waals surface area (Å²) < 4.78 is 0. The highest BCUT2D eigenvalue weighted by Gasteiger charge is 2.14. The van der Waals surface area contributed by atoms with Gasteiger partial charge < -0.3 is 10.2 Å². The van der Waals surface area contributed by atoms with E-state index in [2.05, 4.69) is 0 Å². The van der Waals surface area contributed by atoms with Crippen LogP contribution in [0.4, 0.5) is 0 Å². The fourth-order valence-corrected chi connectivity index (χ4v) is 2.02. The number of halogens is 1. The minimum absolute atomic E-state index is 0.00508. The van der Waals surface area contributed by atoms with E-state index in [9.17, 15) is 10.2 Å². The Morgan fingerprint density at radius 2 is 1.71 bits per heavy atom. The summed E-state index contributed by atoms with van der Waals surface area (Å²) in [5.41, 5.74) is 1.92. The molecule has 2 nitrogen and oxygen atoms in total. The van der Waals surface area contributed by atoms with E-state index in [0.29, 0.717) is 5.02 Å². The van der Waals surface area contributed by atoms with Gasteiger partial charge in [0.2, 0.25) is 0 Å². The second-order valence-electron chi connectivity index (χ2n) is 3.86. The largest absolute Gasteiger partial charge is 0.506 e. The fourth-order valence-electron chi connectivity index (χ4n) is 1.83. The second kappa shape index (κ2) is 5.21. The van der Waals surface area contributed by atoms with E-state index in [1.54, 1.807) is 18.2 Å².